The smallest absolute Gasteiger partial charge is 0.321 e. The van der Waals surface area contributed by atoms with Crippen LogP contribution < -0.4 is 16.6 Å². The van der Waals surface area contributed by atoms with Crippen molar-refractivity contribution in [1.82, 2.24) is 10.4 Å². The normalized spacial score (nSPS) is 11.6. The van der Waals surface area contributed by atoms with E-state index in [0.29, 0.717) is 5.82 Å². The molecular weight excluding hydrogens is 256 g/mol. The Balaban J connectivity index is 2.17. The van der Waals surface area contributed by atoms with Crippen LogP contribution in [0.5, 0.6) is 0 Å². The number of hydrazine groups is 1. The highest BCUT2D eigenvalue weighted by Crippen LogP contribution is 2.02. The lowest BCUT2D eigenvalue weighted by Crippen LogP contribution is -2.34. The fourth-order valence-electron chi connectivity index (χ4n) is 0.956. The van der Waals surface area contributed by atoms with Gasteiger partial charge in [0.1, 0.15) is 11.9 Å². The maximum absolute atomic E-state index is 11.4. The van der Waals surface area contributed by atoms with Crippen molar-refractivity contribution in [1.29, 1.82) is 0 Å². The van der Waals surface area contributed by atoms with E-state index >= 15 is 0 Å². The Morgan fingerprint density at radius 1 is 1.50 bits per heavy atom. The molecule has 0 saturated heterocycles. The van der Waals surface area contributed by atoms with E-state index in [1.165, 1.54) is 0 Å². The molecule has 1 aromatic heterocycles. The first-order valence-electron chi connectivity index (χ1n) is 5.11. The predicted octanol–water partition coefficient (Wildman–Crippen LogP) is -0.330. The van der Waals surface area contributed by atoms with Crippen LogP contribution in [0.3, 0.4) is 0 Å². The van der Waals surface area contributed by atoms with E-state index in [1.54, 1.807) is 24.4 Å². The Labute approximate surface area is 108 Å². The second kappa shape index (κ2) is 7.51. The molecule has 8 heteroatoms. The molecule has 0 saturated carbocycles. The van der Waals surface area contributed by atoms with Crippen LogP contribution in [-0.4, -0.2) is 39.5 Å². The number of aliphatic carboxylic acids is 1. The number of nitrogens with one attached hydrogen (secondary N) is 2. The maximum atomic E-state index is 11.4. The van der Waals surface area contributed by atoms with Gasteiger partial charge in [0, 0.05) is 11.9 Å². The molecule has 1 rings (SSSR count). The van der Waals surface area contributed by atoms with Crippen molar-refractivity contribution in [3.8, 4) is 0 Å². The molecule has 0 aliphatic carbocycles. The van der Waals surface area contributed by atoms with Crippen molar-refractivity contribution < 1.29 is 14.7 Å². The standard InChI is InChI=1S/C10H14N4O3S/c11-7(10(16)17)5-18-6-9(15)14-13-8-3-1-2-4-12-8/h1-4,7H,5-6,11H2,(H,12,13)(H,14,15)(H,16,17)/t7-/m0/s1. The largest absolute Gasteiger partial charge is 0.480 e. The van der Waals surface area contributed by atoms with Gasteiger partial charge in [0.05, 0.1) is 5.75 Å². The highest BCUT2D eigenvalue weighted by atomic mass is 32.2. The zero-order chi connectivity index (χ0) is 13.4. The third-order valence-corrected chi connectivity index (χ3v) is 2.90. The molecule has 7 nitrogen and oxygen atoms in total. The van der Waals surface area contributed by atoms with Gasteiger partial charge >= 0.3 is 5.97 Å². The second-order valence-corrected chi connectivity index (χ2v) is 4.38. The number of pyridine rings is 1. The number of thioether (sulfide) groups is 1. The van der Waals surface area contributed by atoms with E-state index in [2.05, 4.69) is 15.8 Å². The van der Waals surface area contributed by atoms with Gasteiger partial charge < -0.3 is 10.8 Å². The van der Waals surface area contributed by atoms with Crippen LogP contribution in [0, 0.1) is 0 Å². The number of rotatable bonds is 7. The summed E-state index contributed by atoms with van der Waals surface area (Å²) in [5.41, 5.74) is 10.4. The van der Waals surface area contributed by atoms with Crippen molar-refractivity contribution in [2.24, 2.45) is 5.73 Å². The van der Waals surface area contributed by atoms with Crippen molar-refractivity contribution in [3.63, 3.8) is 0 Å². The zero-order valence-corrected chi connectivity index (χ0v) is 10.3. The summed E-state index contributed by atoms with van der Waals surface area (Å²) in [5, 5.41) is 8.54. The topological polar surface area (TPSA) is 117 Å². The highest BCUT2D eigenvalue weighted by molar-refractivity contribution is 8.00. The predicted molar refractivity (Wildman–Crippen MR) is 68.9 cm³/mol. The Morgan fingerprint density at radius 3 is 2.89 bits per heavy atom. The van der Waals surface area contributed by atoms with Crippen molar-refractivity contribution in [2.75, 3.05) is 16.9 Å². The van der Waals surface area contributed by atoms with E-state index in [1.807, 2.05) is 0 Å². The number of hydrogen-bond donors (Lipinski definition) is 4. The van der Waals surface area contributed by atoms with Gasteiger partial charge in [-0.05, 0) is 12.1 Å². The number of amides is 1. The summed E-state index contributed by atoms with van der Waals surface area (Å²) in [4.78, 5) is 25.7. The lowest BCUT2D eigenvalue weighted by Gasteiger charge is -2.08. The minimum atomic E-state index is -1.07. The number of aromatic nitrogens is 1. The van der Waals surface area contributed by atoms with E-state index in [4.69, 9.17) is 10.8 Å². The molecule has 1 aromatic rings. The molecule has 0 aromatic carbocycles. The Hall–Kier alpha value is -1.80. The van der Waals surface area contributed by atoms with E-state index in [0.717, 1.165) is 11.8 Å². The van der Waals surface area contributed by atoms with Gasteiger partial charge in [0.25, 0.3) is 0 Å². The number of carboxylic acids is 1. The number of carboxylic acid groups (broad SMARTS) is 1. The third-order valence-electron chi connectivity index (χ3n) is 1.84. The molecule has 0 unspecified atom stereocenters. The van der Waals surface area contributed by atoms with Crippen LogP contribution in [0.4, 0.5) is 5.82 Å². The van der Waals surface area contributed by atoms with Gasteiger partial charge in [0.15, 0.2) is 0 Å². The van der Waals surface area contributed by atoms with E-state index in [9.17, 15) is 9.59 Å². The number of anilines is 1. The molecule has 1 atom stereocenters. The lowest BCUT2D eigenvalue weighted by molar-refractivity contribution is -0.137. The summed E-state index contributed by atoms with van der Waals surface area (Å²) >= 11 is 1.15. The van der Waals surface area contributed by atoms with Gasteiger partial charge in [-0.15, -0.1) is 11.8 Å². The van der Waals surface area contributed by atoms with E-state index in [-0.39, 0.29) is 17.4 Å². The minimum absolute atomic E-state index is 0.126. The zero-order valence-electron chi connectivity index (χ0n) is 9.50. The molecule has 18 heavy (non-hydrogen) atoms. The first kappa shape index (κ1) is 14.3. The number of hydrogen-bond acceptors (Lipinski definition) is 6. The highest BCUT2D eigenvalue weighted by Gasteiger charge is 2.12. The number of carbonyl (C=O) groups excluding carboxylic acids is 1. The number of nitrogens with zero attached hydrogens (tertiary/aromatic N) is 1. The van der Waals surface area contributed by atoms with Crippen LogP contribution in [0.15, 0.2) is 24.4 Å². The first-order chi connectivity index (χ1) is 8.59. The van der Waals surface area contributed by atoms with Crippen molar-refractivity contribution >= 4 is 29.5 Å². The summed E-state index contributed by atoms with van der Waals surface area (Å²) in [6.45, 7) is 0. The fraction of sp³-hybridized carbons (Fsp3) is 0.300. The molecule has 0 aliphatic rings. The van der Waals surface area contributed by atoms with Gasteiger partial charge in [-0.2, -0.15) is 0 Å². The molecule has 1 amide bonds. The molecule has 5 N–H and O–H groups in total. The van der Waals surface area contributed by atoms with Gasteiger partial charge in [-0.25, -0.2) is 4.98 Å². The van der Waals surface area contributed by atoms with Crippen molar-refractivity contribution in [3.05, 3.63) is 24.4 Å². The van der Waals surface area contributed by atoms with Crippen molar-refractivity contribution in [2.45, 2.75) is 6.04 Å². The molecule has 98 valence electrons. The second-order valence-electron chi connectivity index (χ2n) is 3.35. The van der Waals surface area contributed by atoms with Crippen LogP contribution in [-0.2, 0) is 9.59 Å². The van der Waals surface area contributed by atoms with E-state index < -0.39 is 12.0 Å². The molecule has 0 aliphatic heterocycles. The van der Waals surface area contributed by atoms with Crippen LogP contribution >= 0.6 is 11.8 Å². The SMILES string of the molecule is N[C@@H](CSCC(=O)NNc1ccccn1)C(=O)O. The summed E-state index contributed by atoms with van der Waals surface area (Å²) in [5.74, 6) is -0.511. The molecule has 1 heterocycles. The molecular formula is C10H14N4O3S. The van der Waals surface area contributed by atoms with Gasteiger partial charge in [-0.3, -0.25) is 20.4 Å². The van der Waals surface area contributed by atoms with Gasteiger partial charge in [0.2, 0.25) is 5.91 Å². The number of nitrogens with two attached hydrogens (primary N) is 1. The Kier molecular flexibility index (Phi) is 5.95. The average Bonchev–Trinajstić information content (AvgIpc) is 2.37. The third kappa shape index (κ3) is 5.51. The maximum Gasteiger partial charge on any atom is 0.321 e. The Bertz CT molecular complexity index is 401. The van der Waals surface area contributed by atoms with Crippen LogP contribution in [0.2, 0.25) is 0 Å². The first-order valence-corrected chi connectivity index (χ1v) is 6.27. The summed E-state index contributed by atoms with van der Waals surface area (Å²) in [6, 6.07) is 4.29. The fourth-order valence-corrected chi connectivity index (χ4v) is 1.73. The average molecular weight is 270 g/mol. The lowest BCUT2D eigenvalue weighted by atomic mass is 10.4. The molecule has 0 spiro atoms. The van der Waals surface area contributed by atoms with Crippen LogP contribution in [0.25, 0.3) is 0 Å². The molecule has 0 radical (unpaired) electrons. The molecule has 0 bridgehead atoms. The summed E-state index contributed by atoms with van der Waals surface area (Å²) in [6.07, 6.45) is 1.59. The summed E-state index contributed by atoms with van der Waals surface area (Å²) in [7, 11) is 0. The quantitative estimate of drug-likeness (QED) is 0.501. The summed E-state index contributed by atoms with van der Waals surface area (Å²) < 4.78 is 0. The van der Waals surface area contributed by atoms with Crippen LogP contribution in [0.1, 0.15) is 0 Å². The minimum Gasteiger partial charge on any atom is -0.480 e. The Morgan fingerprint density at radius 2 is 2.28 bits per heavy atom. The monoisotopic (exact) mass is 270 g/mol. The number of carbonyl (C=O) groups is 2. The van der Waals surface area contributed by atoms with Gasteiger partial charge in [-0.1, -0.05) is 6.07 Å². The molecule has 0 fully saturated rings.